The first-order valence-electron chi connectivity index (χ1n) is 8.70. The Bertz CT molecular complexity index is 945. The van der Waals surface area contributed by atoms with Gasteiger partial charge in [0.25, 0.3) is 0 Å². The van der Waals surface area contributed by atoms with Crippen molar-refractivity contribution in [2.75, 3.05) is 33.1 Å². The smallest absolute Gasteiger partial charge is 0.205 e. The van der Waals surface area contributed by atoms with Crippen molar-refractivity contribution in [2.45, 2.75) is 6.54 Å². The average Bonchev–Trinajstić information content (AvgIpc) is 3.11. The van der Waals surface area contributed by atoms with Gasteiger partial charge in [0.2, 0.25) is 5.78 Å². The van der Waals surface area contributed by atoms with Gasteiger partial charge in [-0.15, -0.1) is 11.3 Å². The Morgan fingerprint density at radius 2 is 1.67 bits per heavy atom. The number of thiophene rings is 1. The van der Waals surface area contributed by atoms with Gasteiger partial charge in [-0.3, -0.25) is 4.79 Å². The molecule has 0 amide bonds. The number of anilines is 1. The third-order valence-corrected chi connectivity index (χ3v) is 5.39. The summed E-state index contributed by atoms with van der Waals surface area (Å²) in [7, 11) is 7.70. The molecule has 0 fully saturated rings. The quantitative estimate of drug-likeness (QED) is 0.566. The van der Waals surface area contributed by atoms with E-state index in [1.165, 1.54) is 29.0 Å². The monoisotopic (exact) mass is 382 g/mol. The number of rotatable bonds is 6. The van der Waals surface area contributed by atoms with Gasteiger partial charge in [-0.2, -0.15) is 0 Å². The van der Waals surface area contributed by atoms with Crippen molar-refractivity contribution in [1.82, 2.24) is 4.90 Å². The second-order valence-electron chi connectivity index (χ2n) is 6.98. The molecule has 0 atom stereocenters. The number of hydrogen-bond donors (Lipinski definition) is 0. The Balaban J connectivity index is 1.87. The maximum Gasteiger partial charge on any atom is 0.205 e. The van der Waals surface area contributed by atoms with Crippen molar-refractivity contribution < 1.29 is 9.18 Å². The SMILES string of the molecule is CN(C)Cc1ccc(-c2ccc(C(=O)c3ccc(F)cc3N(C)C)s2)cc1. The highest BCUT2D eigenvalue weighted by molar-refractivity contribution is 7.17. The average molecular weight is 383 g/mol. The van der Waals surface area contributed by atoms with Gasteiger partial charge in [0, 0.05) is 31.1 Å². The maximum absolute atomic E-state index is 13.6. The van der Waals surface area contributed by atoms with E-state index >= 15 is 0 Å². The summed E-state index contributed by atoms with van der Waals surface area (Å²) in [5.41, 5.74) is 3.44. The van der Waals surface area contributed by atoms with Crippen LogP contribution in [0.4, 0.5) is 10.1 Å². The van der Waals surface area contributed by atoms with Crippen LogP contribution in [0.2, 0.25) is 0 Å². The minimum absolute atomic E-state index is 0.0841. The zero-order valence-electron chi connectivity index (χ0n) is 16.0. The van der Waals surface area contributed by atoms with E-state index in [0.717, 1.165) is 17.0 Å². The molecule has 27 heavy (non-hydrogen) atoms. The number of nitrogens with zero attached hydrogens (tertiary/aromatic N) is 2. The molecule has 0 radical (unpaired) electrons. The molecule has 1 aromatic heterocycles. The summed E-state index contributed by atoms with van der Waals surface area (Å²) in [6.07, 6.45) is 0. The lowest BCUT2D eigenvalue weighted by atomic mass is 10.1. The Kier molecular flexibility index (Phi) is 5.73. The number of ketones is 1. The van der Waals surface area contributed by atoms with Crippen LogP contribution in [0.25, 0.3) is 10.4 Å². The van der Waals surface area contributed by atoms with Crippen LogP contribution in [-0.4, -0.2) is 38.9 Å². The van der Waals surface area contributed by atoms with Crippen LogP contribution in [0, 0.1) is 5.82 Å². The predicted octanol–water partition coefficient (Wildman–Crippen LogP) is 4.91. The second kappa shape index (κ2) is 8.03. The zero-order chi connectivity index (χ0) is 19.6. The topological polar surface area (TPSA) is 23.6 Å². The molecule has 0 spiro atoms. The summed E-state index contributed by atoms with van der Waals surface area (Å²) in [6, 6.07) is 16.5. The van der Waals surface area contributed by atoms with E-state index in [-0.39, 0.29) is 11.6 Å². The fourth-order valence-electron chi connectivity index (χ4n) is 2.95. The van der Waals surface area contributed by atoms with Crippen molar-refractivity contribution in [3.05, 3.63) is 76.4 Å². The van der Waals surface area contributed by atoms with Crippen molar-refractivity contribution in [3.8, 4) is 10.4 Å². The first-order chi connectivity index (χ1) is 12.8. The Labute approximate surface area is 163 Å². The predicted molar refractivity (Wildman–Crippen MR) is 111 cm³/mol. The van der Waals surface area contributed by atoms with Crippen LogP contribution >= 0.6 is 11.3 Å². The van der Waals surface area contributed by atoms with Crippen molar-refractivity contribution in [2.24, 2.45) is 0 Å². The van der Waals surface area contributed by atoms with E-state index in [1.807, 2.05) is 26.2 Å². The lowest BCUT2D eigenvalue weighted by molar-refractivity contribution is 0.104. The Hall–Kier alpha value is -2.50. The van der Waals surface area contributed by atoms with Gasteiger partial charge in [-0.1, -0.05) is 24.3 Å². The van der Waals surface area contributed by atoms with E-state index < -0.39 is 0 Å². The van der Waals surface area contributed by atoms with Crippen LogP contribution in [0.15, 0.2) is 54.6 Å². The van der Waals surface area contributed by atoms with Gasteiger partial charge in [0.15, 0.2) is 0 Å². The number of halogens is 1. The molecule has 0 aliphatic heterocycles. The van der Waals surface area contributed by atoms with E-state index in [4.69, 9.17) is 0 Å². The summed E-state index contributed by atoms with van der Waals surface area (Å²) >= 11 is 1.46. The molecule has 0 N–H and O–H groups in total. The minimum Gasteiger partial charge on any atom is -0.377 e. The fourth-order valence-corrected chi connectivity index (χ4v) is 3.92. The van der Waals surface area contributed by atoms with Crippen LogP contribution in [0.5, 0.6) is 0 Å². The summed E-state index contributed by atoms with van der Waals surface area (Å²) < 4.78 is 13.6. The summed E-state index contributed by atoms with van der Waals surface area (Å²) in [6.45, 7) is 0.895. The number of benzene rings is 2. The fraction of sp³-hybridized carbons (Fsp3) is 0.227. The highest BCUT2D eigenvalue weighted by Crippen LogP contribution is 2.31. The molecule has 0 unspecified atom stereocenters. The van der Waals surface area contributed by atoms with Gasteiger partial charge in [0.1, 0.15) is 5.82 Å². The molecular weight excluding hydrogens is 359 g/mol. The molecule has 0 aliphatic rings. The lowest BCUT2D eigenvalue weighted by Gasteiger charge is -2.16. The van der Waals surface area contributed by atoms with Crippen LogP contribution in [0.3, 0.4) is 0 Å². The van der Waals surface area contributed by atoms with Crippen LogP contribution in [0.1, 0.15) is 20.8 Å². The van der Waals surface area contributed by atoms with Crippen molar-refractivity contribution in [1.29, 1.82) is 0 Å². The number of carbonyl (C=O) groups excluding carboxylic acids is 1. The molecule has 3 nitrogen and oxygen atoms in total. The zero-order valence-corrected chi connectivity index (χ0v) is 16.8. The number of carbonyl (C=O) groups is 1. The van der Waals surface area contributed by atoms with E-state index in [2.05, 4.69) is 29.2 Å². The van der Waals surface area contributed by atoms with E-state index in [0.29, 0.717) is 16.1 Å². The molecule has 2 aromatic carbocycles. The van der Waals surface area contributed by atoms with Gasteiger partial charge in [-0.25, -0.2) is 4.39 Å². The Morgan fingerprint density at radius 3 is 2.30 bits per heavy atom. The van der Waals surface area contributed by atoms with Gasteiger partial charge in [0.05, 0.1) is 10.6 Å². The third-order valence-electron chi connectivity index (χ3n) is 4.25. The summed E-state index contributed by atoms with van der Waals surface area (Å²) in [5.74, 6) is -0.431. The minimum atomic E-state index is -0.347. The van der Waals surface area contributed by atoms with Gasteiger partial charge < -0.3 is 9.80 Å². The molecule has 3 rings (SSSR count). The number of hydrogen-bond acceptors (Lipinski definition) is 4. The summed E-state index contributed by atoms with van der Waals surface area (Å²) in [5, 5.41) is 0. The highest BCUT2D eigenvalue weighted by atomic mass is 32.1. The lowest BCUT2D eigenvalue weighted by Crippen LogP contribution is -2.14. The van der Waals surface area contributed by atoms with Crippen LogP contribution < -0.4 is 4.90 Å². The normalized spacial score (nSPS) is 11.0. The largest absolute Gasteiger partial charge is 0.377 e. The molecule has 0 saturated carbocycles. The standard InChI is InChI=1S/C22H23FN2OS/c1-24(2)14-15-5-7-16(8-6-15)20-11-12-21(27-20)22(26)18-10-9-17(23)13-19(18)25(3)4/h5-13H,14H2,1-4H3. The summed E-state index contributed by atoms with van der Waals surface area (Å²) in [4.78, 5) is 18.5. The van der Waals surface area contributed by atoms with E-state index in [1.54, 1.807) is 25.1 Å². The molecule has 5 heteroatoms. The second-order valence-corrected chi connectivity index (χ2v) is 8.07. The van der Waals surface area contributed by atoms with Crippen molar-refractivity contribution in [3.63, 3.8) is 0 Å². The molecule has 0 saturated heterocycles. The van der Waals surface area contributed by atoms with Crippen molar-refractivity contribution >= 4 is 22.8 Å². The molecule has 0 aliphatic carbocycles. The molecule has 3 aromatic rings. The molecule has 0 bridgehead atoms. The first kappa shape index (κ1) is 19.3. The Morgan fingerprint density at radius 1 is 0.963 bits per heavy atom. The molecular formula is C22H23FN2OS. The highest BCUT2D eigenvalue weighted by Gasteiger charge is 2.18. The third kappa shape index (κ3) is 4.43. The maximum atomic E-state index is 13.6. The van der Waals surface area contributed by atoms with E-state index in [9.17, 15) is 9.18 Å². The van der Waals surface area contributed by atoms with Gasteiger partial charge in [-0.05, 0) is 55.6 Å². The van der Waals surface area contributed by atoms with Crippen LogP contribution in [-0.2, 0) is 6.54 Å². The molecule has 140 valence electrons. The van der Waals surface area contributed by atoms with Gasteiger partial charge >= 0.3 is 0 Å². The first-order valence-corrected chi connectivity index (χ1v) is 9.52. The molecule has 1 heterocycles.